The Morgan fingerprint density at radius 3 is 2.50 bits per heavy atom. The molecule has 4 heteroatoms. The molecule has 20 heavy (non-hydrogen) atoms. The molecule has 1 fully saturated rings. The lowest BCUT2D eigenvalue weighted by Crippen LogP contribution is -2.50. The van der Waals surface area contributed by atoms with Gasteiger partial charge in [0.1, 0.15) is 5.69 Å². The molecule has 1 aromatic carbocycles. The zero-order valence-corrected chi connectivity index (χ0v) is 12.1. The fourth-order valence-electron chi connectivity index (χ4n) is 2.85. The Bertz CT molecular complexity index is 654. The number of pyridine rings is 1. The third-order valence-electron chi connectivity index (χ3n) is 4.12. The highest BCUT2D eigenvalue weighted by atomic mass is 16.1. The minimum atomic E-state index is 0.0155. The summed E-state index contributed by atoms with van der Waals surface area (Å²) in [5.74, 6) is 0. The van der Waals surface area contributed by atoms with Crippen LogP contribution in [0.15, 0.2) is 35.1 Å². The van der Waals surface area contributed by atoms with E-state index >= 15 is 0 Å². The number of nitrogens with zero attached hydrogens (tertiary/aromatic N) is 2. The van der Waals surface area contributed by atoms with Gasteiger partial charge in [0.2, 0.25) is 0 Å². The van der Waals surface area contributed by atoms with Crippen LogP contribution in [0.25, 0.3) is 10.9 Å². The van der Waals surface area contributed by atoms with Crippen molar-refractivity contribution >= 4 is 16.6 Å². The van der Waals surface area contributed by atoms with Gasteiger partial charge in [0.15, 0.2) is 0 Å². The highest BCUT2D eigenvalue weighted by Gasteiger charge is 2.20. The Morgan fingerprint density at radius 2 is 1.80 bits per heavy atom. The van der Waals surface area contributed by atoms with Gasteiger partial charge in [-0.3, -0.25) is 9.69 Å². The molecule has 0 radical (unpaired) electrons. The van der Waals surface area contributed by atoms with Crippen molar-refractivity contribution in [2.75, 3.05) is 31.1 Å². The average Bonchev–Trinajstić information content (AvgIpc) is 2.46. The van der Waals surface area contributed by atoms with Gasteiger partial charge in [-0.1, -0.05) is 18.2 Å². The van der Waals surface area contributed by atoms with E-state index < -0.39 is 0 Å². The number of nitrogens with one attached hydrogen (secondary N) is 1. The maximum Gasteiger partial charge on any atom is 0.271 e. The number of piperazine rings is 1. The van der Waals surface area contributed by atoms with Crippen molar-refractivity contribution in [1.29, 1.82) is 0 Å². The molecule has 3 rings (SSSR count). The van der Waals surface area contributed by atoms with Gasteiger partial charge in [0.05, 0.1) is 0 Å². The molecular formula is C16H21N3O. The monoisotopic (exact) mass is 271 g/mol. The van der Waals surface area contributed by atoms with Crippen LogP contribution < -0.4 is 10.5 Å². The molecule has 0 bridgehead atoms. The van der Waals surface area contributed by atoms with Crippen molar-refractivity contribution in [3.05, 3.63) is 40.7 Å². The number of anilines is 1. The van der Waals surface area contributed by atoms with E-state index in [-0.39, 0.29) is 5.56 Å². The summed E-state index contributed by atoms with van der Waals surface area (Å²) in [6.45, 7) is 8.31. The maximum absolute atomic E-state index is 12.2. The summed E-state index contributed by atoms with van der Waals surface area (Å²) in [4.78, 5) is 19.9. The van der Waals surface area contributed by atoms with Gasteiger partial charge < -0.3 is 9.88 Å². The van der Waals surface area contributed by atoms with E-state index in [2.05, 4.69) is 28.6 Å². The van der Waals surface area contributed by atoms with Gasteiger partial charge in [-0.05, 0) is 26.0 Å². The second kappa shape index (κ2) is 5.29. The van der Waals surface area contributed by atoms with Crippen LogP contribution in [0.1, 0.15) is 13.8 Å². The molecule has 1 saturated heterocycles. The summed E-state index contributed by atoms with van der Waals surface area (Å²) in [6, 6.07) is 10.5. The molecular weight excluding hydrogens is 250 g/mol. The van der Waals surface area contributed by atoms with Gasteiger partial charge in [-0.15, -0.1) is 0 Å². The second-order valence-electron chi connectivity index (χ2n) is 5.69. The van der Waals surface area contributed by atoms with E-state index in [0.717, 1.165) is 42.8 Å². The average molecular weight is 271 g/mol. The molecule has 4 nitrogen and oxygen atoms in total. The van der Waals surface area contributed by atoms with Crippen LogP contribution in [0, 0.1) is 0 Å². The van der Waals surface area contributed by atoms with Crippen molar-refractivity contribution in [1.82, 2.24) is 9.88 Å². The molecule has 1 N–H and O–H groups in total. The Balaban J connectivity index is 1.88. The fourth-order valence-corrected chi connectivity index (χ4v) is 2.85. The maximum atomic E-state index is 12.2. The SMILES string of the molecule is CC(C)N1CCN(c2cc3ccccc3[nH]c2=O)CC1. The molecule has 106 valence electrons. The number of H-pyrrole nitrogens is 1. The standard InChI is InChI=1S/C16H21N3O/c1-12(2)18-7-9-19(10-8-18)15-11-13-5-3-4-6-14(13)17-16(15)20/h3-6,11-12H,7-10H2,1-2H3,(H,17,20). The number of fused-ring (bicyclic) bond motifs is 1. The van der Waals surface area contributed by atoms with Crippen LogP contribution in [-0.2, 0) is 0 Å². The lowest BCUT2D eigenvalue weighted by Gasteiger charge is -2.37. The van der Waals surface area contributed by atoms with Crippen molar-refractivity contribution in [2.45, 2.75) is 19.9 Å². The van der Waals surface area contributed by atoms with Gasteiger partial charge in [0, 0.05) is 43.1 Å². The Hall–Kier alpha value is -1.81. The number of aromatic amines is 1. The normalized spacial score (nSPS) is 17.1. The molecule has 1 aliphatic rings. The zero-order chi connectivity index (χ0) is 14.1. The third-order valence-corrected chi connectivity index (χ3v) is 4.12. The quantitative estimate of drug-likeness (QED) is 0.908. The van der Waals surface area contributed by atoms with Crippen molar-refractivity contribution in [2.24, 2.45) is 0 Å². The summed E-state index contributed by atoms with van der Waals surface area (Å²) >= 11 is 0. The summed E-state index contributed by atoms with van der Waals surface area (Å²) in [7, 11) is 0. The number of hydrogen-bond acceptors (Lipinski definition) is 3. The van der Waals surface area contributed by atoms with Gasteiger partial charge in [-0.25, -0.2) is 0 Å². The molecule has 0 amide bonds. The Kier molecular flexibility index (Phi) is 3.49. The third kappa shape index (κ3) is 2.43. The topological polar surface area (TPSA) is 39.3 Å². The lowest BCUT2D eigenvalue weighted by molar-refractivity contribution is 0.209. The predicted octanol–water partition coefficient (Wildman–Crippen LogP) is 2.06. The van der Waals surface area contributed by atoms with Gasteiger partial charge >= 0.3 is 0 Å². The number of para-hydroxylation sites is 1. The molecule has 2 aromatic rings. The predicted molar refractivity (Wildman–Crippen MR) is 83.5 cm³/mol. The number of hydrogen-bond donors (Lipinski definition) is 1. The van der Waals surface area contributed by atoms with E-state index in [1.54, 1.807) is 0 Å². The van der Waals surface area contributed by atoms with Gasteiger partial charge in [0.25, 0.3) is 5.56 Å². The van der Waals surface area contributed by atoms with Crippen LogP contribution in [0.3, 0.4) is 0 Å². The molecule has 1 aromatic heterocycles. The molecule has 0 saturated carbocycles. The summed E-state index contributed by atoms with van der Waals surface area (Å²) in [6.07, 6.45) is 0. The fraction of sp³-hybridized carbons (Fsp3) is 0.438. The van der Waals surface area contributed by atoms with Crippen LogP contribution in [-0.4, -0.2) is 42.1 Å². The van der Waals surface area contributed by atoms with Crippen molar-refractivity contribution in [3.8, 4) is 0 Å². The summed E-state index contributed by atoms with van der Waals surface area (Å²) < 4.78 is 0. The lowest BCUT2D eigenvalue weighted by atomic mass is 10.2. The van der Waals surface area contributed by atoms with Crippen LogP contribution >= 0.6 is 0 Å². The van der Waals surface area contributed by atoms with Crippen LogP contribution in [0.4, 0.5) is 5.69 Å². The molecule has 1 aliphatic heterocycles. The smallest absolute Gasteiger partial charge is 0.271 e. The molecule has 0 aliphatic carbocycles. The van der Waals surface area contributed by atoms with Crippen LogP contribution in [0.5, 0.6) is 0 Å². The number of benzene rings is 1. The Labute approximate surface area is 119 Å². The minimum Gasteiger partial charge on any atom is -0.365 e. The van der Waals surface area contributed by atoms with Gasteiger partial charge in [-0.2, -0.15) is 0 Å². The first-order valence-electron chi connectivity index (χ1n) is 7.26. The summed E-state index contributed by atoms with van der Waals surface area (Å²) in [5, 5.41) is 1.09. The largest absolute Gasteiger partial charge is 0.365 e. The first-order chi connectivity index (χ1) is 9.65. The van der Waals surface area contributed by atoms with E-state index in [9.17, 15) is 4.79 Å². The molecule has 0 unspecified atom stereocenters. The Morgan fingerprint density at radius 1 is 1.10 bits per heavy atom. The number of aromatic nitrogens is 1. The van der Waals surface area contributed by atoms with E-state index in [4.69, 9.17) is 0 Å². The van der Waals surface area contributed by atoms with E-state index in [1.807, 2.05) is 30.3 Å². The summed E-state index contributed by atoms with van der Waals surface area (Å²) in [5.41, 5.74) is 1.72. The van der Waals surface area contributed by atoms with Crippen molar-refractivity contribution < 1.29 is 0 Å². The highest BCUT2D eigenvalue weighted by Crippen LogP contribution is 2.18. The van der Waals surface area contributed by atoms with Crippen molar-refractivity contribution in [3.63, 3.8) is 0 Å². The van der Waals surface area contributed by atoms with E-state index in [0.29, 0.717) is 6.04 Å². The number of rotatable bonds is 2. The van der Waals surface area contributed by atoms with Crippen LogP contribution in [0.2, 0.25) is 0 Å². The zero-order valence-electron chi connectivity index (χ0n) is 12.1. The second-order valence-corrected chi connectivity index (χ2v) is 5.69. The molecule has 0 atom stereocenters. The highest BCUT2D eigenvalue weighted by molar-refractivity contribution is 5.81. The minimum absolute atomic E-state index is 0.0155. The molecule has 0 spiro atoms. The molecule has 2 heterocycles. The first kappa shape index (κ1) is 13.2. The van der Waals surface area contributed by atoms with E-state index in [1.165, 1.54) is 0 Å². The first-order valence-corrected chi connectivity index (χ1v) is 7.26.